The summed E-state index contributed by atoms with van der Waals surface area (Å²) in [5.74, 6) is 0.306. The lowest BCUT2D eigenvalue weighted by Gasteiger charge is -2.23. The van der Waals surface area contributed by atoms with Crippen molar-refractivity contribution in [2.45, 2.75) is 20.8 Å². The molecule has 0 aliphatic heterocycles. The van der Waals surface area contributed by atoms with Gasteiger partial charge in [0, 0.05) is 17.6 Å². The molecular weight excluding hydrogens is 288 g/mol. The van der Waals surface area contributed by atoms with E-state index in [2.05, 4.69) is 0 Å². The highest BCUT2D eigenvalue weighted by Crippen LogP contribution is 2.27. The average Bonchev–Trinajstić information content (AvgIpc) is 2.42. The number of nitrogens with zero attached hydrogens (tertiary/aromatic N) is 1. The predicted octanol–water partition coefficient (Wildman–Crippen LogP) is 3.89. The molecule has 2 rings (SSSR count). The van der Waals surface area contributed by atoms with Crippen molar-refractivity contribution in [1.82, 2.24) is 0 Å². The molecule has 4 nitrogen and oxygen atoms in total. The van der Waals surface area contributed by atoms with E-state index in [9.17, 15) is 4.79 Å². The highest BCUT2D eigenvalue weighted by Gasteiger charge is 2.17. The van der Waals surface area contributed by atoms with Gasteiger partial charge in [-0.25, -0.2) is 0 Å². The zero-order valence-corrected chi connectivity index (χ0v) is 12.9. The first kappa shape index (κ1) is 15.2. The predicted molar refractivity (Wildman–Crippen MR) is 85.6 cm³/mol. The van der Waals surface area contributed by atoms with Gasteiger partial charge in [-0.1, -0.05) is 11.6 Å². The number of hydroxylamine groups is 1. The number of nitrogens with two attached hydrogens (primary N) is 1. The summed E-state index contributed by atoms with van der Waals surface area (Å²) in [6.07, 6.45) is 0. The minimum atomic E-state index is -0.225. The van der Waals surface area contributed by atoms with Crippen LogP contribution in [0.4, 0.5) is 11.4 Å². The van der Waals surface area contributed by atoms with Crippen LogP contribution < -0.4 is 15.6 Å². The summed E-state index contributed by atoms with van der Waals surface area (Å²) >= 11 is 5.84. The van der Waals surface area contributed by atoms with Gasteiger partial charge < -0.3 is 10.6 Å². The number of benzene rings is 2. The van der Waals surface area contributed by atoms with Crippen molar-refractivity contribution < 1.29 is 9.63 Å². The lowest BCUT2D eigenvalue weighted by Crippen LogP contribution is -2.32. The third-order valence-electron chi connectivity index (χ3n) is 3.10. The Labute approximate surface area is 129 Å². The second-order valence-electron chi connectivity index (χ2n) is 4.85. The fourth-order valence-corrected chi connectivity index (χ4v) is 2.05. The summed E-state index contributed by atoms with van der Waals surface area (Å²) in [6, 6.07) is 10.5. The highest BCUT2D eigenvalue weighted by molar-refractivity contribution is 6.30. The van der Waals surface area contributed by atoms with Gasteiger partial charge in [0.2, 0.25) is 0 Å². The molecule has 0 spiro atoms. The molecule has 0 atom stereocenters. The van der Waals surface area contributed by atoms with Crippen LogP contribution in [0.2, 0.25) is 5.02 Å². The summed E-state index contributed by atoms with van der Waals surface area (Å²) in [5, 5.41) is 1.86. The van der Waals surface area contributed by atoms with Crippen molar-refractivity contribution in [2.24, 2.45) is 0 Å². The van der Waals surface area contributed by atoms with E-state index in [1.54, 1.807) is 24.3 Å². The van der Waals surface area contributed by atoms with Crippen molar-refractivity contribution >= 4 is 28.9 Å². The minimum absolute atomic E-state index is 0.225. The largest absolute Gasteiger partial charge is 0.399 e. The maximum Gasteiger partial charge on any atom is 0.256 e. The van der Waals surface area contributed by atoms with Crippen LogP contribution >= 0.6 is 11.6 Å². The van der Waals surface area contributed by atoms with Crippen molar-refractivity contribution in [2.75, 3.05) is 10.8 Å². The van der Waals surface area contributed by atoms with E-state index in [-0.39, 0.29) is 5.91 Å². The Bertz CT molecular complexity index is 669. The Morgan fingerprint density at radius 3 is 2.33 bits per heavy atom. The summed E-state index contributed by atoms with van der Waals surface area (Å²) in [4.78, 5) is 17.6. The number of nitrogen functional groups attached to an aromatic ring is 1. The fourth-order valence-electron chi connectivity index (χ4n) is 1.93. The van der Waals surface area contributed by atoms with E-state index in [1.807, 2.05) is 26.0 Å². The van der Waals surface area contributed by atoms with E-state index in [4.69, 9.17) is 22.2 Å². The van der Waals surface area contributed by atoms with Crippen LogP contribution in [0.15, 0.2) is 36.4 Å². The molecule has 1 amide bonds. The Hall–Kier alpha value is -2.20. The number of anilines is 2. The molecule has 0 radical (unpaired) electrons. The van der Waals surface area contributed by atoms with E-state index < -0.39 is 0 Å². The molecule has 0 bridgehead atoms. The van der Waals surface area contributed by atoms with Crippen LogP contribution in [0, 0.1) is 13.8 Å². The normalized spacial score (nSPS) is 10.3. The lowest BCUT2D eigenvalue weighted by atomic mass is 10.1. The Morgan fingerprint density at radius 1 is 1.14 bits per heavy atom. The van der Waals surface area contributed by atoms with Gasteiger partial charge in [-0.15, -0.1) is 5.06 Å². The van der Waals surface area contributed by atoms with Crippen molar-refractivity contribution in [3.05, 3.63) is 52.5 Å². The Balaban J connectivity index is 2.38. The number of amides is 1. The lowest BCUT2D eigenvalue weighted by molar-refractivity contribution is -0.120. The molecular formula is C16H17ClN2O2. The monoisotopic (exact) mass is 304 g/mol. The summed E-state index contributed by atoms with van der Waals surface area (Å²) in [6.45, 7) is 5.21. The molecule has 21 heavy (non-hydrogen) atoms. The second kappa shape index (κ2) is 6.06. The molecule has 0 aliphatic rings. The quantitative estimate of drug-likeness (QED) is 0.691. The van der Waals surface area contributed by atoms with Gasteiger partial charge in [0.25, 0.3) is 5.91 Å². The van der Waals surface area contributed by atoms with Gasteiger partial charge >= 0.3 is 0 Å². The van der Waals surface area contributed by atoms with Crippen LogP contribution in [0.5, 0.6) is 5.75 Å². The van der Waals surface area contributed by atoms with Crippen LogP contribution in [0.25, 0.3) is 0 Å². The molecule has 2 aromatic rings. The van der Waals surface area contributed by atoms with Gasteiger partial charge in [0.15, 0.2) is 5.75 Å². The molecule has 0 unspecified atom stereocenters. The average molecular weight is 305 g/mol. The molecule has 0 aromatic heterocycles. The van der Waals surface area contributed by atoms with Crippen LogP contribution in [-0.2, 0) is 4.79 Å². The smallest absolute Gasteiger partial charge is 0.256 e. The second-order valence-corrected chi connectivity index (χ2v) is 5.29. The van der Waals surface area contributed by atoms with Gasteiger partial charge in [0.1, 0.15) is 0 Å². The molecule has 110 valence electrons. The maximum absolute atomic E-state index is 11.9. The fraction of sp³-hybridized carbons (Fsp3) is 0.188. The maximum atomic E-state index is 11.9. The first-order valence-corrected chi connectivity index (χ1v) is 6.87. The number of halogens is 1. The zero-order chi connectivity index (χ0) is 15.6. The third-order valence-corrected chi connectivity index (χ3v) is 3.35. The van der Waals surface area contributed by atoms with E-state index in [1.165, 1.54) is 12.0 Å². The summed E-state index contributed by atoms with van der Waals surface area (Å²) < 4.78 is 0. The number of hydrogen-bond acceptors (Lipinski definition) is 3. The SMILES string of the molecule is CC(=O)N(Oc1ccc(Cl)cc1)c1cc(C)c(N)cc1C. The zero-order valence-electron chi connectivity index (χ0n) is 12.2. The summed E-state index contributed by atoms with van der Waals surface area (Å²) in [5.41, 5.74) is 8.99. The van der Waals surface area contributed by atoms with Crippen LogP contribution in [0.3, 0.4) is 0 Å². The molecule has 2 aromatic carbocycles. The van der Waals surface area contributed by atoms with E-state index >= 15 is 0 Å². The van der Waals surface area contributed by atoms with E-state index in [0.29, 0.717) is 22.1 Å². The van der Waals surface area contributed by atoms with Gasteiger partial charge in [-0.2, -0.15) is 0 Å². The van der Waals surface area contributed by atoms with Crippen molar-refractivity contribution in [3.8, 4) is 5.75 Å². The number of hydrogen-bond donors (Lipinski definition) is 1. The molecule has 0 heterocycles. The van der Waals surface area contributed by atoms with Crippen molar-refractivity contribution in [1.29, 1.82) is 0 Å². The Morgan fingerprint density at radius 2 is 1.76 bits per heavy atom. The van der Waals surface area contributed by atoms with Gasteiger partial charge in [0.05, 0.1) is 5.69 Å². The molecule has 0 saturated heterocycles. The van der Waals surface area contributed by atoms with Crippen LogP contribution in [-0.4, -0.2) is 5.91 Å². The number of rotatable bonds is 3. The minimum Gasteiger partial charge on any atom is -0.399 e. The molecule has 0 fully saturated rings. The molecule has 0 aliphatic carbocycles. The molecule has 5 heteroatoms. The number of carbonyl (C=O) groups is 1. The third kappa shape index (κ3) is 3.47. The van der Waals surface area contributed by atoms with E-state index in [0.717, 1.165) is 11.1 Å². The topological polar surface area (TPSA) is 55.6 Å². The standard InChI is InChI=1S/C16H17ClN2O2/c1-10-9-16(11(2)8-15(10)18)19(12(3)20)21-14-6-4-13(17)5-7-14/h4-9H,18H2,1-3H3. The molecule has 2 N–H and O–H groups in total. The molecule has 0 saturated carbocycles. The number of carbonyl (C=O) groups excluding carboxylic acids is 1. The first-order chi connectivity index (χ1) is 9.88. The highest BCUT2D eigenvalue weighted by atomic mass is 35.5. The number of aryl methyl sites for hydroxylation is 2. The first-order valence-electron chi connectivity index (χ1n) is 6.49. The van der Waals surface area contributed by atoms with Gasteiger partial charge in [-0.3, -0.25) is 4.79 Å². The van der Waals surface area contributed by atoms with Gasteiger partial charge in [-0.05, 0) is 61.4 Å². The van der Waals surface area contributed by atoms with Crippen LogP contribution in [0.1, 0.15) is 18.1 Å². The van der Waals surface area contributed by atoms with Crippen molar-refractivity contribution in [3.63, 3.8) is 0 Å². The Kier molecular flexibility index (Phi) is 4.38. The summed E-state index contributed by atoms with van der Waals surface area (Å²) in [7, 11) is 0.